The number of aromatic nitrogens is 4. The molecule has 0 saturated heterocycles. The quantitative estimate of drug-likeness (QED) is 0.900. The van der Waals surface area contributed by atoms with E-state index in [1.54, 1.807) is 0 Å². The molecule has 6 nitrogen and oxygen atoms in total. The maximum absolute atomic E-state index is 12.6. The van der Waals surface area contributed by atoms with E-state index in [9.17, 15) is 4.79 Å². The van der Waals surface area contributed by atoms with Crippen LogP contribution >= 0.6 is 0 Å². The van der Waals surface area contributed by atoms with Crippen LogP contribution in [0.1, 0.15) is 72.3 Å². The summed E-state index contributed by atoms with van der Waals surface area (Å²) in [5.41, 5.74) is 4.06. The minimum atomic E-state index is 0.0575. The van der Waals surface area contributed by atoms with Crippen molar-refractivity contribution in [3.63, 3.8) is 0 Å². The molecule has 1 aliphatic heterocycles. The van der Waals surface area contributed by atoms with E-state index >= 15 is 0 Å². The fourth-order valence-corrected chi connectivity index (χ4v) is 4.11. The van der Waals surface area contributed by atoms with E-state index in [-0.39, 0.29) is 5.56 Å². The van der Waals surface area contributed by atoms with Gasteiger partial charge in [0.05, 0.1) is 23.5 Å². The zero-order chi connectivity index (χ0) is 17.4. The van der Waals surface area contributed by atoms with Gasteiger partial charge < -0.3 is 9.97 Å². The molecule has 1 fully saturated rings. The van der Waals surface area contributed by atoms with Gasteiger partial charge in [-0.15, -0.1) is 0 Å². The van der Waals surface area contributed by atoms with E-state index in [1.165, 1.54) is 19.3 Å². The molecule has 3 heterocycles. The highest BCUT2D eigenvalue weighted by Crippen LogP contribution is 2.30. The third-order valence-electron chi connectivity index (χ3n) is 5.71. The highest BCUT2D eigenvalue weighted by molar-refractivity contribution is 5.22. The first kappa shape index (κ1) is 16.5. The van der Waals surface area contributed by atoms with Crippen LogP contribution < -0.4 is 5.56 Å². The Balaban J connectivity index is 1.52. The standard InChI is InChI=1S/C19H27N5O/c1-12-13(2)21-17(20-12)11-24-9-8-16-15(10-24)19(25)23-18(22-16)14-6-4-3-5-7-14/h14H,3-11H2,1-2H3,(H,20,21)(H,22,23,25). The number of aromatic amines is 2. The number of H-pyrrole nitrogens is 2. The van der Waals surface area contributed by atoms with Crippen LogP contribution in [-0.4, -0.2) is 31.4 Å². The largest absolute Gasteiger partial charge is 0.345 e. The Labute approximate surface area is 148 Å². The van der Waals surface area contributed by atoms with E-state index in [0.29, 0.717) is 12.5 Å². The van der Waals surface area contributed by atoms with Gasteiger partial charge in [0.1, 0.15) is 11.6 Å². The topological polar surface area (TPSA) is 77.7 Å². The summed E-state index contributed by atoms with van der Waals surface area (Å²) in [5.74, 6) is 2.34. The van der Waals surface area contributed by atoms with Crippen LogP contribution in [0.25, 0.3) is 0 Å². The molecule has 0 radical (unpaired) electrons. The van der Waals surface area contributed by atoms with E-state index in [1.807, 2.05) is 13.8 Å². The molecule has 0 spiro atoms. The monoisotopic (exact) mass is 341 g/mol. The van der Waals surface area contributed by atoms with E-state index in [2.05, 4.69) is 19.9 Å². The minimum absolute atomic E-state index is 0.0575. The molecule has 6 heteroatoms. The van der Waals surface area contributed by atoms with Crippen LogP contribution in [0.15, 0.2) is 4.79 Å². The molecule has 2 aromatic heterocycles. The summed E-state index contributed by atoms with van der Waals surface area (Å²) in [6.07, 6.45) is 6.97. The molecule has 0 aromatic carbocycles. The van der Waals surface area contributed by atoms with Gasteiger partial charge in [0.25, 0.3) is 5.56 Å². The summed E-state index contributed by atoms with van der Waals surface area (Å²) in [6.45, 7) is 6.38. The van der Waals surface area contributed by atoms with E-state index < -0.39 is 0 Å². The van der Waals surface area contributed by atoms with Crippen molar-refractivity contribution < 1.29 is 0 Å². The number of nitrogens with one attached hydrogen (secondary N) is 2. The first-order valence-electron chi connectivity index (χ1n) is 9.46. The van der Waals surface area contributed by atoms with Gasteiger partial charge in [-0.1, -0.05) is 19.3 Å². The van der Waals surface area contributed by atoms with Crippen LogP contribution in [0.5, 0.6) is 0 Å². The van der Waals surface area contributed by atoms with Gasteiger partial charge in [-0.25, -0.2) is 9.97 Å². The van der Waals surface area contributed by atoms with Crippen molar-refractivity contribution in [1.29, 1.82) is 0 Å². The van der Waals surface area contributed by atoms with Gasteiger partial charge in [-0.05, 0) is 26.7 Å². The van der Waals surface area contributed by atoms with Crippen LogP contribution in [0.4, 0.5) is 0 Å². The SMILES string of the molecule is Cc1nc(CN2CCc3nc(C4CCCCC4)[nH]c(=O)c3C2)[nH]c1C. The number of hydrogen-bond acceptors (Lipinski definition) is 4. The lowest BCUT2D eigenvalue weighted by Crippen LogP contribution is -2.36. The fraction of sp³-hybridized carbons (Fsp3) is 0.632. The average molecular weight is 341 g/mol. The maximum atomic E-state index is 12.6. The normalized spacial score (nSPS) is 19.1. The molecule has 4 rings (SSSR count). The second-order valence-electron chi connectivity index (χ2n) is 7.57. The second kappa shape index (κ2) is 6.75. The molecule has 2 N–H and O–H groups in total. The van der Waals surface area contributed by atoms with Crippen molar-refractivity contribution in [3.05, 3.63) is 44.6 Å². The molecule has 25 heavy (non-hydrogen) atoms. The van der Waals surface area contributed by atoms with Gasteiger partial charge in [0.15, 0.2) is 0 Å². The molecule has 0 bridgehead atoms. The zero-order valence-electron chi connectivity index (χ0n) is 15.2. The Hall–Kier alpha value is -1.95. The predicted octanol–water partition coefficient (Wildman–Crippen LogP) is 2.72. The molecule has 134 valence electrons. The van der Waals surface area contributed by atoms with Crippen molar-refractivity contribution in [2.24, 2.45) is 0 Å². The highest BCUT2D eigenvalue weighted by Gasteiger charge is 2.25. The zero-order valence-corrected chi connectivity index (χ0v) is 15.2. The van der Waals surface area contributed by atoms with Crippen molar-refractivity contribution in [1.82, 2.24) is 24.8 Å². The minimum Gasteiger partial charge on any atom is -0.345 e. The third kappa shape index (κ3) is 3.40. The molecule has 0 unspecified atom stereocenters. The molecule has 1 saturated carbocycles. The first-order valence-corrected chi connectivity index (χ1v) is 9.46. The number of fused-ring (bicyclic) bond motifs is 1. The summed E-state index contributed by atoms with van der Waals surface area (Å²) in [7, 11) is 0. The Morgan fingerprint density at radius 2 is 1.92 bits per heavy atom. The van der Waals surface area contributed by atoms with Gasteiger partial charge >= 0.3 is 0 Å². The Bertz CT molecular complexity index is 796. The summed E-state index contributed by atoms with van der Waals surface area (Å²) in [4.78, 5) is 30.7. The predicted molar refractivity (Wildman–Crippen MR) is 96.6 cm³/mol. The van der Waals surface area contributed by atoms with Gasteiger partial charge in [0, 0.05) is 31.1 Å². The molecular formula is C19H27N5O. The maximum Gasteiger partial charge on any atom is 0.255 e. The van der Waals surface area contributed by atoms with Crippen molar-refractivity contribution in [3.8, 4) is 0 Å². The molecular weight excluding hydrogens is 314 g/mol. The van der Waals surface area contributed by atoms with Crippen LogP contribution in [-0.2, 0) is 19.5 Å². The summed E-state index contributed by atoms with van der Waals surface area (Å²) in [5, 5.41) is 0. The lowest BCUT2D eigenvalue weighted by molar-refractivity contribution is 0.235. The summed E-state index contributed by atoms with van der Waals surface area (Å²) < 4.78 is 0. The number of hydrogen-bond donors (Lipinski definition) is 2. The highest BCUT2D eigenvalue weighted by atomic mass is 16.1. The Morgan fingerprint density at radius 1 is 1.12 bits per heavy atom. The van der Waals surface area contributed by atoms with Gasteiger partial charge in [0.2, 0.25) is 0 Å². The van der Waals surface area contributed by atoms with Crippen molar-refractivity contribution >= 4 is 0 Å². The van der Waals surface area contributed by atoms with E-state index in [4.69, 9.17) is 4.98 Å². The number of aryl methyl sites for hydroxylation is 2. The summed E-state index contributed by atoms with van der Waals surface area (Å²) >= 11 is 0. The molecule has 0 amide bonds. The van der Waals surface area contributed by atoms with Gasteiger partial charge in [-0.3, -0.25) is 9.69 Å². The van der Waals surface area contributed by atoms with Crippen molar-refractivity contribution in [2.75, 3.05) is 6.54 Å². The van der Waals surface area contributed by atoms with Gasteiger partial charge in [-0.2, -0.15) is 0 Å². The van der Waals surface area contributed by atoms with Crippen LogP contribution in [0, 0.1) is 13.8 Å². The smallest absolute Gasteiger partial charge is 0.255 e. The third-order valence-corrected chi connectivity index (χ3v) is 5.71. The Morgan fingerprint density at radius 3 is 2.64 bits per heavy atom. The molecule has 2 aromatic rings. The lowest BCUT2D eigenvalue weighted by Gasteiger charge is -2.28. The fourth-order valence-electron chi connectivity index (χ4n) is 4.11. The molecule has 0 atom stereocenters. The molecule has 1 aliphatic carbocycles. The summed E-state index contributed by atoms with van der Waals surface area (Å²) in [6, 6.07) is 0. The first-order chi connectivity index (χ1) is 12.1. The number of imidazole rings is 1. The second-order valence-corrected chi connectivity index (χ2v) is 7.57. The number of nitrogens with zero attached hydrogens (tertiary/aromatic N) is 3. The van der Waals surface area contributed by atoms with Crippen LogP contribution in [0.3, 0.4) is 0 Å². The van der Waals surface area contributed by atoms with Crippen LogP contribution in [0.2, 0.25) is 0 Å². The Kier molecular flexibility index (Phi) is 4.46. The average Bonchev–Trinajstić information content (AvgIpc) is 2.93. The van der Waals surface area contributed by atoms with Crippen molar-refractivity contribution in [2.45, 2.75) is 71.4 Å². The van der Waals surface area contributed by atoms with E-state index in [0.717, 1.165) is 66.6 Å². The lowest BCUT2D eigenvalue weighted by atomic mass is 9.88. The number of rotatable bonds is 3. The molecule has 2 aliphatic rings.